The first-order valence-corrected chi connectivity index (χ1v) is 12.4. The van der Waals surface area contributed by atoms with Crippen molar-refractivity contribution in [3.05, 3.63) is 47.5 Å². The smallest absolute Gasteiger partial charge is 0.229 e. The lowest BCUT2D eigenvalue weighted by Gasteiger charge is -2.40. The average molecular weight is 523 g/mol. The van der Waals surface area contributed by atoms with Crippen LogP contribution in [0.3, 0.4) is 0 Å². The molecule has 0 amide bonds. The van der Waals surface area contributed by atoms with E-state index in [0.717, 1.165) is 11.1 Å². The summed E-state index contributed by atoms with van der Waals surface area (Å²) in [6, 6.07) is 10.2. The maximum atomic E-state index is 10.3. The monoisotopic (exact) mass is 522 g/mol. The Morgan fingerprint density at radius 2 is 1.35 bits per heavy atom. The van der Waals surface area contributed by atoms with E-state index in [2.05, 4.69) is 0 Å². The summed E-state index contributed by atoms with van der Waals surface area (Å²) < 4.78 is 22.1. The third-order valence-electron chi connectivity index (χ3n) is 6.92. The van der Waals surface area contributed by atoms with E-state index in [4.69, 9.17) is 18.9 Å². The van der Waals surface area contributed by atoms with Crippen molar-refractivity contribution in [2.45, 2.75) is 56.9 Å². The number of benzene rings is 2. The van der Waals surface area contributed by atoms with E-state index in [1.165, 1.54) is 20.3 Å². The number of ether oxygens (including phenoxy) is 4. The fourth-order valence-electron chi connectivity index (χ4n) is 4.63. The molecule has 0 bridgehead atoms. The number of phenolic OH excluding ortho intramolecular Hbond substituents is 1. The minimum Gasteiger partial charge on any atom is -0.504 e. The van der Waals surface area contributed by atoms with Crippen LogP contribution in [-0.4, -0.2) is 88.8 Å². The third kappa shape index (κ3) is 6.84. The zero-order valence-corrected chi connectivity index (χ0v) is 21.4. The quantitative estimate of drug-likeness (QED) is 0.238. The van der Waals surface area contributed by atoms with Crippen LogP contribution >= 0.6 is 0 Å². The first-order valence-electron chi connectivity index (χ1n) is 12.4. The lowest BCUT2D eigenvalue weighted by molar-refractivity contribution is -0.272. The Hall–Kier alpha value is -2.60. The van der Waals surface area contributed by atoms with Gasteiger partial charge in [-0.05, 0) is 66.5 Å². The van der Waals surface area contributed by atoms with Crippen LogP contribution in [0.25, 0.3) is 0 Å². The highest BCUT2D eigenvalue weighted by Crippen LogP contribution is 2.34. The maximum Gasteiger partial charge on any atom is 0.229 e. The zero-order valence-electron chi connectivity index (χ0n) is 21.4. The van der Waals surface area contributed by atoms with E-state index in [1.54, 1.807) is 37.3 Å². The van der Waals surface area contributed by atoms with Crippen molar-refractivity contribution in [3.8, 4) is 23.0 Å². The molecule has 37 heavy (non-hydrogen) atoms. The molecule has 1 saturated heterocycles. The van der Waals surface area contributed by atoms with Gasteiger partial charge in [0.25, 0.3) is 0 Å². The Balaban J connectivity index is 1.73. The molecular formula is C27H38O10. The number of aliphatic hydroxyl groups is 5. The van der Waals surface area contributed by atoms with Crippen molar-refractivity contribution in [2.24, 2.45) is 11.8 Å². The molecule has 206 valence electrons. The predicted molar refractivity (Wildman–Crippen MR) is 134 cm³/mol. The van der Waals surface area contributed by atoms with E-state index >= 15 is 0 Å². The van der Waals surface area contributed by atoms with Gasteiger partial charge in [-0.3, -0.25) is 0 Å². The SMILES string of the molecule is CC[C@H]1O[C@@H](Oc2ccc(C[C@@H](CO)[C@H](CO)Cc3ccc(O)c(OC)c3)cc2OC)[C@H](O)[C@@H](O)[C@@H]1O. The molecule has 0 aliphatic carbocycles. The van der Waals surface area contributed by atoms with Gasteiger partial charge in [0.05, 0.1) is 20.3 Å². The largest absolute Gasteiger partial charge is 0.504 e. The summed E-state index contributed by atoms with van der Waals surface area (Å²) in [5.41, 5.74) is 1.69. The van der Waals surface area contributed by atoms with Crippen LogP contribution in [-0.2, 0) is 17.6 Å². The molecule has 2 aromatic rings. The number of rotatable bonds is 12. The van der Waals surface area contributed by atoms with Crippen molar-refractivity contribution in [2.75, 3.05) is 27.4 Å². The Morgan fingerprint density at radius 3 is 1.89 bits per heavy atom. The van der Waals surface area contributed by atoms with Crippen LogP contribution in [0, 0.1) is 11.8 Å². The van der Waals surface area contributed by atoms with E-state index in [9.17, 15) is 30.6 Å². The van der Waals surface area contributed by atoms with Crippen molar-refractivity contribution < 1.29 is 49.6 Å². The summed E-state index contributed by atoms with van der Waals surface area (Å²) in [7, 11) is 2.93. The minimum atomic E-state index is -1.45. The first kappa shape index (κ1) is 29.0. The fraction of sp³-hybridized carbons (Fsp3) is 0.556. The molecule has 1 aliphatic rings. The van der Waals surface area contributed by atoms with Gasteiger partial charge in [-0.25, -0.2) is 0 Å². The summed E-state index contributed by atoms with van der Waals surface area (Å²) in [4.78, 5) is 0. The number of methoxy groups -OCH3 is 2. The van der Waals surface area contributed by atoms with E-state index in [1.807, 2.05) is 0 Å². The van der Waals surface area contributed by atoms with Crippen molar-refractivity contribution in [3.63, 3.8) is 0 Å². The summed E-state index contributed by atoms with van der Waals surface area (Å²) in [5.74, 6) is 0.487. The third-order valence-corrected chi connectivity index (χ3v) is 6.92. The molecule has 10 nitrogen and oxygen atoms in total. The Labute approximate surface area is 216 Å². The van der Waals surface area contributed by atoms with Crippen LogP contribution in [0.4, 0.5) is 0 Å². The van der Waals surface area contributed by atoms with Gasteiger partial charge in [-0.15, -0.1) is 0 Å². The molecule has 1 heterocycles. The van der Waals surface area contributed by atoms with E-state index in [-0.39, 0.29) is 36.5 Å². The molecule has 0 unspecified atom stereocenters. The van der Waals surface area contributed by atoms with Crippen molar-refractivity contribution >= 4 is 0 Å². The second-order valence-electron chi connectivity index (χ2n) is 9.33. The van der Waals surface area contributed by atoms with Gasteiger partial charge in [0.1, 0.15) is 18.3 Å². The molecule has 3 rings (SSSR count). The first-order chi connectivity index (χ1) is 17.8. The number of hydrogen-bond donors (Lipinski definition) is 6. The highest BCUT2D eigenvalue weighted by Gasteiger charge is 2.44. The number of aromatic hydroxyl groups is 1. The highest BCUT2D eigenvalue weighted by molar-refractivity contribution is 5.44. The van der Waals surface area contributed by atoms with Gasteiger partial charge in [-0.1, -0.05) is 19.1 Å². The molecule has 0 saturated carbocycles. The normalized spacial score (nSPS) is 25.4. The maximum absolute atomic E-state index is 10.3. The molecule has 6 N–H and O–H groups in total. The van der Waals surface area contributed by atoms with Crippen LogP contribution in [0.15, 0.2) is 36.4 Å². The average Bonchev–Trinajstić information content (AvgIpc) is 2.92. The van der Waals surface area contributed by atoms with Crippen molar-refractivity contribution in [1.82, 2.24) is 0 Å². The molecule has 0 radical (unpaired) electrons. The summed E-state index contributed by atoms with van der Waals surface area (Å²) in [6.45, 7) is 1.50. The molecule has 1 aliphatic heterocycles. The highest BCUT2D eigenvalue weighted by atomic mass is 16.7. The Bertz CT molecular complexity index is 997. The predicted octanol–water partition coefficient (Wildman–Crippen LogP) is 1.01. The van der Waals surface area contributed by atoms with Crippen LogP contribution in [0.2, 0.25) is 0 Å². The molecular weight excluding hydrogens is 484 g/mol. The standard InChI is InChI=1S/C27H38O10/c1-4-20-24(31)25(32)26(33)27(36-20)37-21-8-6-16(12-23(21)35-3)10-18(14-29)17(13-28)9-15-5-7-19(30)22(11-15)34-2/h5-8,11-12,17-18,20,24-33H,4,9-10,13-14H2,1-3H3/t17-,18-,20+,24+,25-,26+,27-/m0/s1. The molecule has 7 atom stereocenters. The molecule has 1 fully saturated rings. The van der Waals surface area contributed by atoms with Crippen LogP contribution < -0.4 is 14.2 Å². The van der Waals surface area contributed by atoms with E-state index < -0.39 is 30.7 Å². The van der Waals surface area contributed by atoms with Crippen LogP contribution in [0.1, 0.15) is 24.5 Å². The van der Waals surface area contributed by atoms with Crippen molar-refractivity contribution in [1.29, 1.82) is 0 Å². The van der Waals surface area contributed by atoms with Gasteiger partial charge in [0.2, 0.25) is 6.29 Å². The van der Waals surface area contributed by atoms with Gasteiger partial charge in [0, 0.05) is 13.2 Å². The Kier molecular flexibility index (Phi) is 10.4. The minimum absolute atomic E-state index is 0.0296. The summed E-state index contributed by atoms with van der Waals surface area (Å²) in [6.07, 6.45) is -4.64. The molecule has 0 spiro atoms. The Morgan fingerprint density at radius 1 is 0.784 bits per heavy atom. The lowest BCUT2D eigenvalue weighted by Crippen LogP contribution is -2.58. The molecule has 10 heteroatoms. The number of aliphatic hydroxyl groups excluding tert-OH is 5. The second-order valence-corrected chi connectivity index (χ2v) is 9.33. The van der Waals surface area contributed by atoms with Gasteiger partial charge in [-0.2, -0.15) is 0 Å². The summed E-state index contributed by atoms with van der Waals surface area (Å²) in [5, 5.41) is 60.6. The van der Waals surface area contributed by atoms with Crippen LogP contribution in [0.5, 0.6) is 23.0 Å². The zero-order chi connectivity index (χ0) is 27.1. The summed E-state index contributed by atoms with van der Waals surface area (Å²) >= 11 is 0. The molecule has 2 aromatic carbocycles. The van der Waals surface area contributed by atoms with Gasteiger partial charge >= 0.3 is 0 Å². The lowest BCUT2D eigenvalue weighted by atomic mass is 9.83. The van der Waals surface area contributed by atoms with E-state index in [0.29, 0.717) is 30.8 Å². The topological polar surface area (TPSA) is 158 Å². The fourth-order valence-corrected chi connectivity index (χ4v) is 4.63. The number of phenols is 1. The molecule has 0 aromatic heterocycles. The van der Waals surface area contributed by atoms with Gasteiger partial charge < -0.3 is 49.6 Å². The second kappa shape index (κ2) is 13.3. The number of hydrogen-bond acceptors (Lipinski definition) is 10. The van der Waals surface area contributed by atoms with Gasteiger partial charge in [0.15, 0.2) is 23.0 Å².